The Morgan fingerprint density at radius 1 is 1.29 bits per heavy atom. The molecule has 2 aromatic rings. The first kappa shape index (κ1) is 9.09. The number of aromatic nitrogens is 2. The fourth-order valence-corrected chi connectivity index (χ4v) is 1.35. The molecule has 0 saturated carbocycles. The molecule has 0 aliphatic carbocycles. The largest absolute Gasteiger partial charge is 0.283 e. The van der Waals surface area contributed by atoms with Crippen molar-refractivity contribution in [3.63, 3.8) is 0 Å². The van der Waals surface area contributed by atoms with Gasteiger partial charge in [-0.3, -0.25) is 14.6 Å². The van der Waals surface area contributed by atoms with Crippen LogP contribution < -0.4 is 5.56 Å². The summed E-state index contributed by atoms with van der Waals surface area (Å²) in [4.78, 5) is 11.1. The van der Waals surface area contributed by atoms with Crippen LogP contribution in [0.1, 0.15) is 5.56 Å². The molecule has 0 aliphatic heterocycles. The van der Waals surface area contributed by atoms with Crippen LogP contribution in [-0.2, 0) is 0 Å². The van der Waals surface area contributed by atoms with Crippen LogP contribution >= 0.6 is 11.6 Å². The number of aryl methyl sites for hydroxylation is 1. The van der Waals surface area contributed by atoms with Gasteiger partial charge < -0.3 is 0 Å². The van der Waals surface area contributed by atoms with E-state index in [9.17, 15) is 4.79 Å². The van der Waals surface area contributed by atoms with Gasteiger partial charge in [-0.25, -0.2) is 0 Å². The summed E-state index contributed by atoms with van der Waals surface area (Å²) in [7, 11) is 0. The monoisotopic (exact) mass is 208 g/mol. The Bertz CT molecular complexity index is 496. The van der Waals surface area contributed by atoms with Crippen molar-refractivity contribution in [1.82, 2.24) is 9.78 Å². The summed E-state index contributed by atoms with van der Waals surface area (Å²) in [5.74, 6) is 0. The fourth-order valence-electron chi connectivity index (χ4n) is 1.21. The minimum Gasteiger partial charge on any atom is -0.266 e. The zero-order valence-corrected chi connectivity index (χ0v) is 8.38. The Labute approximate surface area is 85.9 Å². The Morgan fingerprint density at radius 2 is 1.93 bits per heavy atom. The summed E-state index contributed by atoms with van der Waals surface area (Å²) in [5, 5.41) is 2.81. The number of halogens is 1. The van der Waals surface area contributed by atoms with E-state index in [-0.39, 0.29) is 10.6 Å². The molecular formula is C10H9ClN2O. The van der Waals surface area contributed by atoms with Gasteiger partial charge in [0.25, 0.3) is 5.56 Å². The van der Waals surface area contributed by atoms with E-state index in [1.54, 1.807) is 10.9 Å². The molecule has 72 valence electrons. The average molecular weight is 209 g/mol. The van der Waals surface area contributed by atoms with E-state index in [2.05, 4.69) is 5.10 Å². The molecule has 4 heteroatoms. The highest BCUT2D eigenvalue weighted by Gasteiger charge is 2.01. The van der Waals surface area contributed by atoms with Gasteiger partial charge in [0.1, 0.15) is 5.02 Å². The molecule has 0 atom stereocenters. The van der Waals surface area contributed by atoms with Gasteiger partial charge in [0.2, 0.25) is 0 Å². The van der Waals surface area contributed by atoms with Crippen LogP contribution in [0, 0.1) is 6.92 Å². The molecule has 0 bridgehead atoms. The van der Waals surface area contributed by atoms with Gasteiger partial charge in [-0.15, -0.1) is 0 Å². The van der Waals surface area contributed by atoms with Crippen molar-refractivity contribution < 1.29 is 0 Å². The Kier molecular flexibility index (Phi) is 2.17. The van der Waals surface area contributed by atoms with Crippen LogP contribution in [0.3, 0.4) is 0 Å². The molecule has 0 fully saturated rings. The first-order valence-electron chi connectivity index (χ1n) is 4.21. The fraction of sp³-hybridized carbons (Fsp3) is 0.100. The number of hydrogen-bond donors (Lipinski definition) is 1. The lowest BCUT2D eigenvalue weighted by molar-refractivity contribution is 0.863. The lowest BCUT2D eigenvalue weighted by atomic mass is 10.2. The molecule has 14 heavy (non-hydrogen) atoms. The van der Waals surface area contributed by atoms with Gasteiger partial charge >= 0.3 is 0 Å². The average Bonchev–Trinajstić information content (AvgIpc) is 2.48. The number of hydrogen-bond acceptors (Lipinski definition) is 1. The first-order valence-corrected chi connectivity index (χ1v) is 4.59. The maximum absolute atomic E-state index is 11.1. The zero-order valence-electron chi connectivity index (χ0n) is 7.62. The maximum atomic E-state index is 11.1. The highest BCUT2D eigenvalue weighted by Crippen LogP contribution is 2.09. The minimum absolute atomic E-state index is 0.200. The Hall–Kier alpha value is -1.48. The van der Waals surface area contributed by atoms with E-state index in [1.807, 2.05) is 31.2 Å². The molecule has 0 radical (unpaired) electrons. The number of H-pyrrole nitrogens is 1. The molecule has 0 spiro atoms. The van der Waals surface area contributed by atoms with Crippen LogP contribution in [-0.4, -0.2) is 9.78 Å². The second-order valence-electron chi connectivity index (χ2n) is 3.12. The van der Waals surface area contributed by atoms with Crippen molar-refractivity contribution in [3.05, 3.63) is 51.4 Å². The zero-order chi connectivity index (χ0) is 10.1. The molecule has 1 N–H and O–H groups in total. The summed E-state index contributed by atoms with van der Waals surface area (Å²) in [6.07, 6.45) is 1.56. The lowest BCUT2D eigenvalue weighted by Crippen LogP contribution is -2.03. The van der Waals surface area contributed by atoms with Crippen molar-refractivity contribution in [2.45, 2.75) is 6.92 Å². The molecule has 0 unspecified atom stereocenters. The van der Waals surface area contributed by atoms with Crippen molar-refractivity contribution >= 4 is 11.6 Å². The predicted octanol–water partition coefficient (Wildman–Crippen LogP) is 2.13. The van der Waals surface area contributed by atoms with Crippen LogP contribution in [0.15, 0.2) is 35.3 Å². The molecule has 0 amide bonds. The number of benzene rings is 1. The quantitative estimate of drug-likeness (QED) is 0.766. The van der Waals surface area contributed by atoms with Crippen molar-refractivity contribution in [3.8, 4) is 5.69 Å². The van der Waals surface area contributed by atoms with Crippen molar-refractivity contribution in [2.75, 3.05) is 0 Å². The SMILES string of the molecule is Cc1ccc(-n2cc(Cl)c(=O)[nH]2)cc1. The predicted molar refractivity (Wildman–Crippen MR) is 56.1 cm³/mol. The smallest absolute Gasteiger partial charge is 0.266 e. The van der Waals surface area contributed by atoms with Gasteiger partial charge in [-0.2, -0.15) is 0 Å². The standard InChI is InChI=1S/C10H9ClN2O/c1-7-2-4-8(5-3-7)13-6-9(11)10(14)12-13/h2-6H,1H3,(H,12,14). The highest BCUT2D eigenvalue weighted by atomic mass is 35.5. The maximum Gasteiger partial charge on any atom is 0.283 e. The summed E-state index contributed by atoms with van der Waals surface area (Å²) in [5.41, 5.74) is 1.79. The molecule has 2 rings (SSSR count). The molecule has 1 heterocycles. The topological polar surface area (TPSA) is 37.8 Å². The van der Waals surface area contributed by atoms with E-state index in [4.69, 9.17) is 11.6 Å². The highest BCUT2D eigenvalue weighted by molar-refractivity contribution is 6.30. The third-order valence-electron chi connectivity index (χ3n) is 1.99. The number of aromatic amines is 1. The molecule has 3 nitrogen and oxygen atoms in total. The van der Waals surface area contributed by atoms with Gasteiger partial charge in [-0.05, 0) is 19.1 Å². The van der Waals surface area contributed by atoms with E-state index >= 15 is 0 Å². The van der Waals surface area contributed by atoms with Gasteiger partial charge in [-0.1, -0.05) is 29.3 Å². The molecule has 1 aromatic carbocycles. The Balaban J connectivity index is 2.49. The van der Waals surface area contributed by atoms with Gasteiger partial charge in [0, 0.05) is 0 Å². The third-order valence-corrected chi connectivity index (χ3v) is 2.26. The van der Waals surface area contributed by atoms with Gasteiger partial charge in [0.15, 0.2) is 0 Å². The van der Waals surface area contributed by atoms with Crippen molar-refractivity contribution in [2.24, 2.45) is 0 Å². The van der Waals surface area contributed by atoms with Crippen LogP contribution in [0.5, 0.6) is 0 Å². The molecule has 0 aliphatic rings. The van der Waals surface area contributed by atoms with Crippen LogP contribution in [0.4, 0.5) is 0 Å². The number of nitrogens with one attached hydrogen (secondary N) is 1. The molecule has 1 aromatic heterocycles. The summed E-state index contributed by atoms with van der Waals surface area (Å²) < 4.78 is 1.60. The summed E-state index contributed by atoms with van der Waals surface area (Å²) in [6, 6.07) is 7.78. The van der Waals surface area contributed by atoms with E-state index in [0.717, 1.165) is 5.69 Å². The Morgan fingerprint density at radius 3 is 2.43 bits per heavy atom. The second-order valence-corrected chi connectivity index (χ2v) is 3.53. The lowest BCUT2D eigenvalue weighted by Gasteiger charge is -2.01. The normalized spacial score (nSPS) is 10.4. The van der Waals surface area contributed by atoms with E-state index in [0.29, 0.717) is 0 Å². The molecule has 0 saturated heterocycles. The summed E-state index contributed by atoms with van der Waals surface area (Å²) >= 11 is 5.65. The van der Waals surface area contributed by atoms with Crippen molar-refractivity contribution in [1.29, 1.82) is 0 Å². The van der Waals surface area contributed by atoms with E-state index in [1.165, 1.54) is 5.56 Å². The summed E-state index contributed by atoms with van der Waals surface area (Å²) in [6.45, 7) is 2.01. The second kappa shape index (κ2) is 3.35. The van der Waals surface area contributed by atoms with Gasteiger partial charge in [0.05, 0.1) is 11.9 Å². The third kappa shape index (κ3) is 1.59. The van der Waals surface area contributed by atoms with Crippen LogP contribution in [0.25, 0.3) is 5.69 Å². The minimum atomic E-state index is -0.271. The van der Waals surface area contributed by atoms with Crippen LogP contribution in [0.2, 0.25) is 5.02 Å². The first-order chi connectivity index (χ1) is 6.66. The molecular weight excluding hydrogens is 200 g/mol. The number of nitrogens with zero attached hydrogens (tertiary/aromatic N) is 1. The van der Waals surface area contributed by atoms with E-state index < -0.39 is 0 Å². The number of rotatable bonds is 1.